The normalized spacial score (nSPS) is 10.8. The summed E-state index contributed by atoms with van der Waals surface area (Å²) < 4.78 is 1.23. The Bertz CT molecular complexity index is 752. The molecule has 0 unspecified atom stereocenters. The van der Waals surface area contributed by atoms with E-state index >= 15 is 0 Å². The van der Waals surface area contributed by atoms with Gasteiger partial charge in [-0.25, -0.2) is 4.79 Å². The van der Waals surface area contributed by atoms with E-state index in [1.54, 1.807) is 11.8 Å². The molecule has 0 aliphatic rings. The van der Waals surface area contributed by atoms with Crippen molar-refractivity contribution in [1.82, 2.24) is 9.55 Å². The van der Waals surface area contributed by atoms with Gasteiger partial charge < -0.3 is 0 Å². The lowest BCUT2D eigenvalue weighted by molar-refractivity contribution is 0.620. The molecule has 1 aromatic heterocycles. The molecule has 0 atom stereocenters. The molecule has 0 aliphatic carbocycles. The van der Waals surface area contributed by atoms with Crippen molar-refractivity contribution in [3.8, 4) is 11.1 Å². The zero-order valence-corrected chi connectivity index (χ0v) is 13.6. The van der Waals surface area contributed by atoms with E-state index in [0.29, 0.717) is 12.1 Å². The van der Waals surface area contributed by atoms with E-state index in [2.05, 4.69) is 4.98 Å². The van der Waals surface area contributed by atoms with E-state index in [1.165, 1.54) is 4.57 Å². The van der Waals surface area contributed by atoms with Gasteiger partial charge in [0.05, 0.1) is 5.56 Å². The number of aromatic amines is 1. The van der Waals surface area contributed by atoms with Gasteiger partial charge in [0, 0.05) is 6.54 Å². The van der Waals surface area contributed by atoms with E-state index in [1.807, 2.05) is 37.4 Å². The van der Waals surface area contributed by atoms with Crippen molar-refractivity contribution in [3.63, 3.8) is 0 Å². The number of benzene rings is 1. The van der Waals surface area contributed by atoms with Crippen LogP contribution in [0.15, 0.2) is 33.9 Å². The van der Waals surface area contributed by atoms with Crippen LogP contribution >= 0.6 is 23.4 Å². The minimum Gasteiger partial charge on any atom is -0.297 e. The summed E-state index contributed by atoms with van der Waals surface area (Å²) in [5.74, 6) is 0.897. The Labute approximate surface area is 132 Å². The van der Waals surface area contributed by atoms with Crippen LogP contribution in [0.2, 0.25) is 5.15 Å². The van der Waals surface area contributed by atoms with Crippen LogP contribution in [-0.4, -0.2) is 21.6 Å². The molecule has 2 aromatic rings. The summed E-state index contributed by atoms with van der Waals surface area (Å²) in [4.78, 5) is 27.1. The maximum atomic E-state index is 12.6. The maximum Gasteiger partial charge on any atom is 0.329 e. The fourth-order valence-corrected chi connectivity index (χ4v) is 2.88. The predicted octanol–water partition coefficient (Wildman–Crippen LogP) is 2.92. The second kappa shape index (κ2) is 7.00. The van der Waals surface area contributed by atoms with Crippen molar-refractivity contribution in [2.75, 3.05) is 12.0 Å². The zero-order valence-electron chi connectivity index (χ0n) is 12.0. The molecular formula is C15H17ClN2O2S. The number of nitrogens with one attached hydrogen (secondary N) is 1. The number of nitrogens with zero attached hydrogens (tertiary/aromatic N) is 1. The van der Waals surface area contributed by atoms with Gasteiger partial charge in [0.15, 0.2) is 0 Å². The van der Waals surface area contributed by atoms with Gasteiger partial charge in [-0.3, -0.25) is 14.3 Å². The highest BCUT2D eigenvalue weighted by atomic mass is 35.5. The quantitative estimate of drug-likeness (QED) is 0.679. The highest BCUT2D eigenvalue weighted by Gasteiger charge is 2.15. The van der Waals surface area contributed by atoms with Gasteiger partial charge in [0.25, 0.3) is 5.56 Å². The lowest BCUT2D eigenvalue weighted by atomic mass is 10.0. The topological polar surface area (TPSA) is 54.9 Å². The molecule has 0 spiro atoms. The summed E-state index contributed by atoms with van der Waals surface area (Å²) in [7, 11) is 0. The second-order valence-corrected chi connectivity index (χ2v) is 6.10. The van der Waals surface area contributed by atoms with Crippen LogP contribution < -0.4 is 11.2 Å². The molecule has 0 amide bonds. The number of rotatable bonds is 5. The van der Waals surface area contributed by atoms with E-state index in [-0.39, 0.29) is 10.7 Å². The van der Waals surface area contributed by atoms with E-state index in [9.17, 15) is 9.59 Å². The molecule has 0 saturated heterocycles. The average molecular weight is 325 g/mol. The molecule has 21 heavy (non-hydrogen) atoms. The monoisotopic (exact) mass is 324 g/mol. The summed E-state index contributed by atoms with van der Waals surface area (Å²) in [5, 5.41) is 0.0976. The molecule has 0 fully saturated rings. The molecule has 4 nitrogen and oxygen atoms in total. The highest BCUT2D eigenvalue weighted by molar-refractivity contribution is 7.98. The van der Waals surface area contributed by atoms with Gasteiger partial charge in [-0.2, -0.15) is 11.8 Å². The average Bonchev–Trinajstić information content (AvgIpc) is 2.44. The first-order valence-corrected chi connectivity index (χ1v) is 8.41. The third-order valence-electron chi connectivity index (χ3n) is 3.28. The smallest absolute Gasteiger partial charge is 0.297 e. The first kappa shape index (κ1) is 15.9. The molecule has 0 radical (unpaired) electrons. The third-order valence-corrected chi connectivity index (χ3v) is 4.27. The van der Waals surface area contributed by atoms with Crippen molar-refractivity contribution in [2.45, 2.75) is 19.9 Å². The summed E-state index contributed by atoms with van der Waals surface area (Å²) >= 11 is 7.79. The lowest BCUT2D eigenvalue weighted by Gasteiger charge is -2.10. The highest BCUT2D eigenvalue weighted by Crippen LogP contribution is 2.24. The molecule has 0 aliphatic heterocycles. The predicted molar refractivity (Wildman–Crippen MR) is 89.5 cm³/mol. The zero-order chi connectivity index (χ0) is 15.4. The van der Waals surface area contributed by atoms with Crippen LogP contribution in [0.1, 0.15) is 12.0 Å². The summed E-state index contributed by atoms with van der Waals surface area (Å²) in [6.07, 6.45) is 2.76. The minimum absolute atomic E-state index is 0.0976. The first-order valence-electron chi connectivity index (χ1n) is 6.63. The van der Waals surface area contributed by atoms with Gasteiger partial charge in [0.2, 0.25) is 0 Å². The number of aromatic nitrogens is 2. The first-order chi connectivity index (χ1) is 10.1. The third kappa shape index (κ3) is 3.41. The number of thioether (sulfide) groups is 1. The van der Waals surface area contributed by atoms with E-state index in [4.69, 9.17) is 11.6 Å². The molecule has 2 rings (SSSR count). The van der Waals surface area contributed by atoms with Gasteiger partial charge in [-0.1, -0.05) is 35.9 Å². The Balaban J connectivity index is 2.57. The molecule has 112 valence electrons. The molecule has 0 saturated carbocycles. The Morgan fingerprint density at radius 3 is 2.67 bits per heavy atom. The largest absolute Gasteiger partial charge is 0.329 e. The van der Waals surface area contributed by atoms with Gasteiger partial charge >= 0.3 is 5.69 Å². The van der Waals surface area contributed by atoms with Crippen LogP contribution in [0, 0.1) is 6.92 Å². The molecule has 6 heteroatoms. The van der Waals surface area contributed by atoms with E-state index in [0.717, 1.165) is 23.3 Å². The molecule has 0 bridgehead atoms. The summed E-state index contributed by atoms with van der Waals surface area (Å²) in [6.45, 7) is 2.30. The van der Waals surface area contributed by atoms with Crippen LogP contribution in [-0.2, 0) is 6.54 Å². The Kier molecular flexibility index (Phi) is 5.31. The van der Waals surface area contributed by atoms with Crippen LogP contribution in [0.5, 0.6) is 0 Å². The van der Waals surface area contributed by atoms with Crippen LogP contribution in [0.4, 0.5) is 0 Å². The fourth-order valence-electron chi connectivity index (χ4n) is 2.20. The Morgan fingerprint density at radius 2 is 2.00 bits per heavy atom. The van der Waals surface area contributed by atoms with Crippen molar-refractivity contribution >= 4 is 23.4 Å². The fraction of sp³-hybridized carbons (Fsp3) is 0.333. The SMILES string of the molecule is CSCCCn1c(=O)[nH]c(Cl)c(-c2ccccc2C)c1=O. The van der Waals surface area contributed by atoms with Gasteiger partial charge in [0.1, 0.15) is 5.15 Å². The minimum atomic E-state index is -0.455. The lowest BCUT2D eigenvalue weighted by Crippen LogP contribution is -2.36. The molecule has 1 aromatic carbocycles. The molecular weight excluding hydrogens is 308 g/mol. The number of H-pyrrole nitrogens is 1. The van der Waals surface area contributed by atoms with Crippen molar-refractivity contribution < 1.29 is 0 Å². The summed E-state index contributed by atoms with van der Waals surface area (Å²) in [6, 6.07) is 7.49. The van der Waals surface area contributed by atoms with Crippen molar-refractivity contribution in [1.29, 1.82) is 0 Å². The number of hydrogen-bond donors (Lipinski definition) is 1. The van der Waals surface area contributed by atoms with Crippen LogP contribution in [0.25, 0.3) is 11.1 Å². The van der Waals surface area contributed by atoms with Crippen LogP contribution in [0.3, 0.4) is 0 Å². The summed E-state index contributed by atoms with van der Waals surface area (Å²) in [5.41, 5.74) is 1.27. The second-order valence-electron chi connectivity index (χ2n) is 4.74. The van der Waals surface area contributed by atoms with Crippen molar-refractivity contribution in [3.05, 3.63) is 55.8 Å². The van der Waals surface area contributed by atoms with Gasteiger partial charge in [-0.15, -0.1) is 0 Å². The Morgan fingerprint density at radius 1 is 1.29 bits per heavy atom. The number of hydrogen-bond acceptors (Lipinski definition) is 3. The maximum absolute atomic E-state index is 12.6. The van der Waals surface area contributed by atoms with E-state index < -0.39 is 5.69 Å². The van der Waals surface area contributed by atoms with Crippen molar-refractivity contribution in [2.24, 2.45) is 0 Å². The number of halogens is 1. The van der Waals surface area contributed by atoms with Gasteiger partial charge in [-0.05, 0) is 36.5 Å². The molecule has 1 N–H and O–H groups in total. The number of aryl methyl sites for hydroxylation is 1. The molecule has 1 heterocycles. The standard InChI is InChI=1S/C15H17ClN2O2S/c1-10-6-3-4-7-11(10)12-13(16)17-15(20)18(14(12)19)8-5-9-21-2/h3-4,6-7H,5,8-9H2,1-2H3,(H,17,20). The Hall–Kier alpha value is -1.46.